The number of non-ortho nitro benzene ring substituents is 1. The topological polar surface area (TPSA) is 93.2 Å². The van der Waals surface area contributed by atoms with Gasteiger partial charge >= 0.3 is 0 Å². The molecule has 0 unspecified atom stereocenters. The summed E-state index contributed by atoms with van der Waals surface area (Å²) in [5, 5.41) is 16.8. The summed E-state index contributed by atoms with van der Waals surface area (Å²) in [6, 6.07) is 6.56. The number of nitrogens with one attached hydrogen (secondary N) is 2. The second-order valence-electron chi connectivity index (χ2n) is 3.64. The van der Waals surface area contributed by atoms with E-state index in [-0.39, 0.29) is 5.69 Å². The van der Waals surface area contributed by atoms with Crippen LogP contribution in [-0.4, -0.2) is 31.1 Å². The third-order valence-electron chi connectivity index (χ3n) is 2.28. The highest BCUT2D eigenvalue weighted by Gasteiger charge is 2.03. The Balaban J connectivity index is 2.21. The van der Waals surface area contributed by atoms with Gasteiger partial charge in [-0.15, -0.1) is 0 Å². The molecular weight excluding hydrogens is 220 g/mol. The maximum Gasteiger partial charge on any atom is 0.269 e. The van der Waals surface area contributed by atoms with Crippen LogP contribution in [0.3, 0.4) is 0 Å². The number of hydrogen-bond acceptors (Lipinski definition) is 5. The smallest absolute Gasteiger partial charge is 0.269 e. The monoisotopic (exact) mass is 238 g/mol. The van der Waals surface area contributed by atoms with Crippen LogP contribution in [0.5, 0.6) is 0 Å². The van der Waals surface area contributed by atoms with Crippen molar-refractivity contribution in [3.05, 3.63) is 39.9 Å². The van der Waals surface area contributed by atoms with E-state index in [2.05, 4.69) is 10.6 Å². The summed E-state index contributed by atoms with van der Waals surface area (Å²) in [6.07, 6.45) is 0. The molecule has 6 heteroatoms. The molecule has 0 saturated heterocycles. The summed E-state index contributed by atoms with van der Waals surface area (Å²) >= 11 is 0. The summed E-state index contributed by atoms with van der Waals surface area (Å²) in [4.78, 5) is 10.0. The molecule has 0 amide bonds. The zero-order valence-electron chi connectivity index (χ0n) is 9.69. The first-order valence-electron chi connectivity index (χ1n) is 5.59. The van der Waals surface area contributed by atoms with Crippen molar-refractivity contribution >= 4 is 5.69 Å². The number of nitro groups is 1. The molecule has 0 heterocycles. The van der Waals surface area contributed by atoms with Gasteiger partial charge in [0, 0.05) is 44.9 Å². The lowest BCUT2D eigenvalue weighted by Gasteiger charge is -2.05. The van der Waals surface area contributed by atoms with Crippen molar-refractivity contribution < 1.29 is 4.92 Å². The lowest BCUT2D eigenvalue weighted by Crippen LogP contribution is -2.30. The van der Waals surface area contributed by atoms with Crippen molar-refractivity contribution in [2.75, 3.05) is 26.2 Å². The van der Waals surface area contributed by atoms with Crippen LogP contribution < -0.4 is 16.4 Å². The van der Waals surface area contributed by atoms with Gasteiger partial charge in [0.2, 0.25) is 0 Å². The van der Waals surface area contributed by atoms with Crippen molar-refractivity contribution in [2.24, 2.45) is 5.73 Å². The molecule has 1 aromatic rings. The highest BCUT2D eigenvalue weighted by molar-refractivity contribution is 5.32. The average Bonchev–Trinajstić information content (AvgIpc) is 2.34. The van der Waals surface area contributed by atoms with Crippen molar-refractivity contribution in [1.82, 2.24) is 10.6 Å². The zero-order valence-corrected chi connectivity index (χ0v) is 9.69. The summed E-state index contributed by atoms with van der Waals surface area (Å²) in [5.41, 5.74) is 6.49. The molecule has 6 nitrogen and oxygen atoms in total. The summed E-state index contributed by atoms with van der Waals surface area (Å²) in [6.45, 7) is 3.88. The van der Waals surface area contributed by atoms with Gasteiger partial charge in [-0.3, -0.25) is 10.1 Å². The van der Waals surface area contributed by atoms with Crippen LogP contribution >= 0.6 is 0 Å². The molecule has 0 aromatic heterocycles. The van der Waals surface area contributed by atoms with E-state index < -0.39 is 4.92 Å². The molecule has 0 fully saturated rings. The van der Waals surface area contributed by atoms with Crippen LogP contribution in [0.1, 0.15) is 5.56 Å². The predicted molar refractivity (Wildman–Crippen MR) is 66.7 cm³/mol. The Hall–Kier alpha value is -1.50. The van der Waals surface area contributed by atoms with Gasteiger partial charge in [0.1, 0.15) is 0 Å². The van der Waals surface area contributed by atoms with Crippen molar-refractivity contribution in [3.8, 4) is 0 Å². The van der Waals surface area contributed by atoms with Crippen molar-refractivity contribution in [3.63, 3.8) is 0 Å². The fourth-order valence-electron chi connectivity index (χ4n) is 1.37. The van der Waals surface area contributed by atoms with Crippen LogP contribution in [0, 0.1) is 10.1 Å². The molecule has 94 valence electrons. The molecule has 17 heavy (non-hydrogen) atoms. The highest BCUT2D eigenvalue weighted by Crippen LogP contribution is 2.11. The summed E-state index contributed by atoms with van der Waals surface area (Å²) < 4.78 is 0. The second-order valence-corrected chi connectivity index (χ2v) is 3.64. The molecular formula is C11H18N4O2. The summed E-state index contributed by atoms with van der Waals surface area (Å²) in [5.74, 6) is 0. The lowest BCUT2D eigenvalue weighted by molar-refractivity contribution is -0.384. The molecule has 0 spiro atoms. The highest BCUT2D eigenvalue weighted by atomic mass is 16.6. The number of hydrogen-bond donors (Lipinski definition) is 3. The SMILES string of the molecule is NCCNCCNCc1ccc([N+](=O)[O-])cc1. The molecule has 0 atom stereocenters. The Bertz CT molecular complexity index is 340. The number of nitrogens with zero attached hydrogens (tertiary/aromatic N) is 1. The standard InChI is InChI=1S/C11H18N4O2/c12-5-6-13-7-8-14-9-10-1-3-11(4-2-10)15(16)17/h1-4,13-14H,5-9,12H2. The van der Waals surface area contributed by atoms with E-state index in [0.29, 0.717) is 13.1 Å². The normalized spacial score (nSPS) is 10.4. The summed E-state index contributed by atoms with van der Waals surface area (Å²) in [7, 11) is 0. The van der Waals surface area contributed by atoms with E-state index in [4.69, 9.17) is 5.73 Å². The molecule has 0 bridgehead atoms. The minimum Gasteiger partial charge on any atom is -0.329 e. The van der Waals surface area contributed by atoms with Crippen LogP contribution in [-0.2, 0) is 6.54 Å². The minimum atomic E-state index is -0.395. The van der Waals surface area contributed by atoms with E-state index in [1.54, 1.807) is 12.1 Å². The van der Waals surface area contributed by atoms with Crippen LogP contribution in [0.15, 0.2) is 24.3 Å². The molecule has 1 rings (SSSR count). The maximum absolute atomic E-state index is 10.4. The number of benzene rings is 1. The van der Waals surface area contributed by atoms with Gasteiger partial charge in [0.05, 0.1) is 4.92 Å². The number of rotatable bonds is 8. The quantitative estimate of drug-likeness (QED) is 0.342. The third-order valence-corrected chi connectivity index (χ3v) is 2.28. The Kier molecular flexibility index (Phi) is 6.16. The zero-order chi connectivity index (χ0) is 12.5. The van der Waals surface area contributed by atoms with Gasteiger partial charge in [-0.05, 0) is 5.56 Å². The number of nitrogens with two attached hydrogens (primary N) is 1. The molecule has 1 aromatic carbocycles. The fraction of sp³-hybridized carbons (Fsp3) is 0.455. The van der Waals surface area contributed by atoms with Gasteiger partial charge in [-0.1, -0.05) is 12.1 Å². The predicted octanol–water partition coefficient (Wildman–Crippen LogP) is 0.233. The average molecular weight is 238 g/mol. The van der Waals surface area contributed by atoms with Crippen molar-refractivity contribution in [2.45, 2.75) is 6.54 Å². The Morgan fingerprint density at radius 2 is 1.76 bits per heavy atom. The second kappa shape index (κ2) is 7.72. The molecule has 0 aliphatic heterocycles. The van der Waals surface area contributed by atoms with Gasteiger partial charge < -0.3 is 16.4 Å². The van der Waals surface area contributed by atoms with Crippen LogP contribution in [0.4, 0.5) is 5.69 Å². The molecule has 0 radical (unpaired) electrons. The Morgan fingerprint density at radius 3 is 2.35 bits per heavy atom. The van der Waals surface area contributed by atoms with E-state index in [0.717, 1.165) is 25.2 Å². The first-order chi connectivity index (χ1) is 8.24. The van der Waals surface area contributed by atoms with E-state index in [1.807, 2.05) is 0 Å². The first-order valence-corrected chi connectivity index (χ1v) is 5.59. The number of nitro benzene ring substituents is 1. The molecule has 0 saturated carbocycles. The minimum absolute atomic E-state index is 0.123. The molecule has 4 N–H and O–H groups in total. The third kappa shape index (κ3) is 5.39. The Labute approximate surface area is 100 Å². The van der Waals surface area contributed by atoms with Gasteiger partial charge in [-0.25, -0.2) is 0 Å². The first kappa shape index (κ1) is 13.6. The van der Waals surface area contributed by atoms with E-state index in [1.165, 1.54) is 12.1 Å². The lowest BCUT2D eigenvalue weighted by atomic mass is 10.2. The van der Waals surface area contributed by atoms with Crippen molar-refractivity contribution in [1.29, 1.82) is 0 Å². The maximum atomic E-state index is 10.4. The largest absolute Gasteiger partial charge is 0.329 e. The Morgan fingerprint density at radius 1 is 1.12 bits per heavy atom. The molecule has 0 aliphatic carbocycles. The van der Waals surface area contributed by atoms with Crippen LogP contribution in [0.25, 0.3) is 0 Å². The van der Waals surface area contributed by atoms with Gasteiger partial charge in [-0.2, -0.15) is 0 Å². The van der Waals surface area contributed by atoms with E-state index >= 15 is 0 Å². The van der Waals surface area contributed by atoms with Crippen LogP contribution in [0.2, 0.25) is 0 Å². The van der Waals surface area contributed by atoms with E-state index in [9.17, 15) is 10.1 Å². The van der Waals surface area contributed by atoms with Gasteiger partial charge in [0.15, 0.2) is 0 Å². The van der Waals surface area contributed by atoms with Gasteiger partial charge in [0.25, 0.3) is 5.69 Å². The molecule has 0 aliphatic rings. The fourth-order valence-corrected chi connectivity index (χ4v) is 1.37.